The minimum Gasteiger partial charge on any atom is -0.467 e. The molecule has 1 aromatic carbocycles. The zero-order chi connectivity index (χ0) is 13.8. The van der Waals surface area contributed by atoms with Crippen LogP contribution in [0.15, 0.2) is 47.1 Å². The van der Waals surface area contributed by atoms with Crippen LogP contribution < -0.4 is 10.6 Å². The molecule has 0 aliphatic carbocycles. The van der Waals surface area contributed by atoms with Gasteiger partial charge in [-0.05, 0) is 31.2 Å². The third-order valence-corrected chi connectivity index (χ3v) is 2.95. The van der Waals surface area contributed by atoms with Crippen LogP contribution >= 0.6 is 0 Å². The highest BCUT2D eigenvalue weighted by Crippen LogP contribution is 2.22. The maximum atomic E-state index is 5.32. The van der Waals surface area contributed by atoms with Crippen molar-refractivity contribution in [3.05, 3.63) is 48.4 Å². The molecular formula is C15H16N4O. The fourth-order valence-corrected chi connectivity index (χ4v) is 2.03. The molecule has 5 heteroatoms. The SMILES string of the molecule is CCNc1nc(NCc2ccco2)c2ccccc2n1. The van der Waals surface area contributed by atoms with E-state index in [0.717, 1.165) is 29.0 Å². The fraction of sp³-hybridized carbons (Fsp3) is 0.200. The van der Waals surface area contributed by atoms with E-state index in [1.165, 1.54) is 0 Å². The van der Waals surface area contributed by atoms with Gasteiger partial charge in [-0.1, -0.05) is 12.1 Å². The summed E-state index contributed by atoms with van der Waals surface area (Å²) < 4.78 is 5.32. The minimum atomic E-state index is 0.597. The van der Waals surface area contributed by atoms with Gasteiger partial charge in [0, 0.05) is 11.9 Å². The average molecular weight is 268 g/mol. The third kappa shape index (κ3) is 2.56. The molecule has 0 fully saturated rings. The van der Waals surface area contributed by atoms with E-state index in [1.54, 1.807) is 6.26 Å². The highest BCUT2D eigenvalue weighted by atomic mass is 16.3. The lowest BCUT2D eigenvalue weighted by molar-refractivity contribution is 0.518. The number of furan rings is 1. The summed E-state index contributed by atoms with van der Waals surface area (Å²) in [5.74, 6) is 2.31. The molecule has 2 heterocycles. The maximum Gasteiger partial charge on any atom is 0.225 e. The molecular weight excluding hydrogens is 252 g/mol. The first-order valence-electron chi connectivity index (χ1n) is 6.63. The van der Waals surface area contributed by atoms with Crippen LogP contribution in [-0.2, 0) is 6.54 Å². The second kappa shape index (κ2) is 5.61. The molecule has 102 valence electrons. The predicted molar refractivity (Wildman–Crippen MR) is 79.7 cm³/mol. The fourth-order valence-electron chi connectivity index (χ4n) is 2.03. The van der Waals surface area contributed by atoms with Crippen LogP contribution in [0.25, 0.3) is 10.9 Å². The number of aromatic nitrogens is 2. The van der Waals surface area contributed by atoms with Gasteiger partial charge in [0.25, 0.3) is 0 Å². The molecule has 0 bridgehead atoms. The van der Waals surface area contributed by atoms with Gasteiger partial charge < -0.3 is 15.1 Å². The van der Waals surface area contributed by atoms with Gasteiger partial charge in [0.2, 0.25) is 5.95 Å². The van der Waals surface area contributed by atoms with Crippen molar-refractivity contribution in [2.45, 2.75) is 13.5 Å². The largest absolute Gasteiger partial charge is 0.467 e. The van der Waals surface area contributed by atoms with Crippen LogP contribution in [0.4, 0.5) is 11.8 Å². The number of para-hydroxylation sites is 1. The standard InChI is InChI=1S/C15H16N4O/c1-2-16-15-18-13-8-4-3-7-12(13)14(19-15)17-10-11-6-5-9-20-11/h3-9H,2,10H2,1H3,(H2,16,17,18,19). The van der Waals surface area contributed by atoms with Gasteiger partial charge in [-0.25, -0.2) is 4.98 Å². The van der Waals surface area contributed by atoms with E-state index in [2.05, 4.69) is 20.6 Å². The monoisotopic (exact) mass is 268 g/mol. The van der Waals surface area contributed by atoms with E-state index in [9.17, 15) is 0 Å². The molecule has 20 heavy (non-hydrogen) atoms. The van der Waals surface area contributed by atoms with Crippen molar-refractivity contribution >= 4 is 22.7 Å². The first kappa shape index (κ1) is 12.5. The summed E-state index contributed by atoms with van der Waals surface area (Å²) in [5.41, 5.74) is 0.917. The smallest absolute Gasteiger partial charge is 0.225 e. The molecule has 3 rings (SSSR count). The number of hydrogen-bond donors (Lipinski definition) is 2. The molecule has 0 aliphatic heterocycles. The summed E-state index contributed by atoms with van der Waals surface area (Å²) in [6, 6.07) is 11.8. The van der Waals surface area contributed by atoms with Crippen molar-refractivity contribution < 1.29 is 4.42 Å². The Kier molecular flexibility index (Phi) is 3.50. The van der Waals surface area contributed by atoms with Crippen molar-refractivity contribution in [2.75, 3.05) is 17.2 Å². The Balaban J connectivity index is 1.94. The molecule has 0 saturated carbocycles. The van der Waals surface area contributed by atoms with Crippen molar-refractivity contribution in [2.24, 2.45) is 0 Å². The maximum absolute atomic E-state index is 5.32. The van der Waals surface area contributed by atoms with Gasteiger partial charge >= 0.3 is 0 Å². The quantitative estimate of drug-likeness (QED) is 0.743. The number of fused-ring (bicyclic) bond motifs is 1. The number of nitrogens with zero attached hydrogens (tertiary/aromatic N) is 2. The number of nitrogens with one attached hydrogen (secondary N) is 2. The van der Waals surface area contributed by atoms with Crippen molar-refractivity contribution in [3.63, 3.8) is 0 Å². The van der Waals surface area contributed by atoms with Crippen molar-refractivity contribution in [1.82, 2.24) is 9.97 Å². The highest BCUT2D eigenvalue weighted by Gasteiger charge is 2.07. The summed E-state index contributed by atoms with van der Waals surface area (Å²) in [4.78, 5) is 9.00. The number of hydrogen-bond acceptors (Lipinski definition) is 5. The molecule has 0 amide bonds. The molecule has 3 aromatic rings. The lowest BCUT2D eigenvalue weighted by Gasteiger charge is -2.10. The molecule has 0 unspecified atom stereocenters. The first-order chi connectivity index (χ1) is 9.86. The summed E-state index contributed by atoms with van der Waals surface area (Å²) in [7, 11) is 0. The Hall–Kier alpha value is -2.56. The topological polar surface area (TPSA) is 63.0 Å². The molecule has 0 spiro atoms. The van der Waals surface area contributed by atoms with Crippen LogP contribution in [0, 0.1) is 0 Å². The first-order valence-corrected chi connectivity index (χ1v) is 6.63. The van der Waals surface area contributed by atoms with Gasteiger partial charge in [-0.3, -0.25) is 0 Å². The Morgan fingerprint density at radius 2 is 1.95 bits per heavy atom. The van der Waals surface area contributed by atoms with E-state index in [0.29, 0.717) is 12.5 Å². The summed E-state index contributed by atoms with van der Waals surface area (Å²) in [6.45, 7) is 3.41. The van der Waals surface area contributed by atoms with Gasteiger partial charge in [-0.15, -0.1) is 0 Å². The summed E-state index contributed by atoms with van der Waals surface area (Å²) in [6.07, 6.45) is 1.67. The molecule has 0 atom stereocenters. The van der Waals surface area contributed by atoms with Crippen LogP contribution in [0.3, 0.4) is 0 Å². The Morgan fingerprint density at radius 1 is 1.05 bits per heavy atom. The van der Waals surface area contributed by atoms with E-state index in [1.807, 2.05) is 43.3 Å². The lowest BCUT2D eigenvalue weighted by atomic mass is 10.2. The van der Waals surface area contributed by atoms with Crippen LogP contribution in [0.2, 0.25) is 0 Å². The second-order valence-electron chi connectivity index (χ2n) is 4.38. The molecule has 0 radical (unpaired) electrons. The van der Waals surface area contributed by atoms with E-state index >= 15 is 0 Å². The molecule has 2 aromatic heterocycles. The lowest BCUT2D eigenvalue weighted by Crippen LogP contribution is -2.07. The number of anilines is 2. The van der Waals surface area contributed by atoms with Gasteiger partial charge in [0.05, 0.1) is 18.3 Å². The molecule has 2 N–H and O–H groups in total. The number of rotatable bonds is 5. The Morgan fingerprint density at radius 3 is 2.75 bits per heavy atom. The van der Waals surface area contributed by atoms with Crippen LogP contribution in [-0.4, -0.2) is 16.5 Å². The summed E-state index contributed by atoms with van der Waals surface area (Å²) >= 11 is 0. The van der Waals surface area contributed by atoms with Crippen molar-refractivity contribution in [3.8, 4) is 0 Å². The second-order valence-corrected chi connectivity index (χ2v) is 4.38. The van der Waals surface area contributed by atoms with E-state index in [-0.39, 0.29) is 0 Å². The van der Waals surface area contributed by atoms with Gasteiger partial charge in [0.15, 0.2) is 0 Å². The van der Waals surface area contributed by atoms with Crippen molar-refractivity contribution in [1.29, 1.82) is 0 Å². The normalized spacial score (nSPS) is 10.7. The summed E-state index contributed by atoms with van der Waals surface area (Å²) in [5, 5.41) is 7.45. The zero-order valence-corrected chi connectivity index (χ0v) is 11.3. The Labute approximate surface area is 117 Å². The Bertz CT molecular complexity index is 694. The number of benzene rings is 1. The molecule has 5 nitrogen and oxygen atoms in total. The van der Waals surface area contributed by atoms with Gasteiger partial charge in [-0.2, -0.15) is 4.98 Å². The van der Waals surface area contributed by atoms with E-state index in [4.69, 9.17) is 4.42 Å². The third-order valence-electron chi connectivity index (χ3n) is 2.95. The average Bonchev–Trinajstić information content (AvgIpc) is 2.98. The van der Waals surface area contributed by atoms with Crippen LogP contribution in [0.1, 0.15) is 12.7 Å². The predicted octanol–water partition coefficient (Wildman–Crippen LogP) is 3.27. The van der Waals surface area contributed by atoms with E-state index < -0.39 is 0 Å². The van der Waals surface area contributed by atoms with Gasteiger partial charge in [0.1, 0.15) is 11.6 Å². The molecule has 0 aliphatic rings. The van der Waals surface area contributed by atoms with Crippen LogP contribution in [0.5, 0.6) is 0 Å². The zero-order valence-electron chi connectivity index (χ0n) is 11.3. The minimum absolute atomic E-state index is 0.597. The highest BCUT2D eigenvalue weighted by molar-refractivity contribution is 5.89. The molecule has 0 saturated heterocycles.